The summed E-state index contributed by atoms with van der Waals surface area (Å²) in [5.74, 6) is -0.129. The van der Waals surface area contributed by atoms with Gasteiger partial charge in [-0.15, -0.1) is 0 Å². The summed E-state index contributed by atoms with van der Waals surface area (Å²) in [5.41, 5.74) is 1.85. The van der Waals surface area contributed by atoms with Crippen molar-refractivity contribution in [3.63, 3.8) is 0 Å². The van der Waals surface area contributed by atoms with Gasteiger partial charge in [-0.2, -0.15) is 0 Å². The number of rotatable bonds is 9. The summed E-state index contributed by atoms with van der Waals surface area (Å²) in [6, 6.07) is 18.7. The maximum atomic E-state index is 12.9. The van der Waals surface area contributed by atoms with Crippen LogP contribution in [0, 0.1) is 0 Å². The van der Waals surface area contributed by atoms with E-state index < -0.39 is 6.04 Å². The van der Waals surface area contributed by atoms with Crippen LogP contribution in [0.5, 0.6) is 0 Å². The summed E-state index contributed by atoms with van der Waals surface area (Å²) in [4.78, 5) is 27.5. The van der Waals surface area contributed by atoms with Crippen LogP contribution in [-0.2, 0) is 16.1 Å². The third kappa shape index (κ3) is 5.45. The van der Waals surface area contributed by atoms with Crippen LogP contribution in [0.4, 0.5) is 0 Å². The van der Waals surface area contributed by atoms with Crippen LogP contribution in [0.1, 0.15) is 50.3 Å². The standard InChI is InChI=1S/C22H28N2O2/c1-3-11-20(25)24(17-18-12-7-5-8-13-18)21(22(26)23-16-4-2)19-14-9-6-10-15-19/h5-10,12-15,21H,3-4,11,16-17H2,1-2H3,(H,23,26)/t21-/m1/s1. The summed E-state index contributed by atoms with van der Waals surface area (Å²) in [6.45, 7) is 5.01. The van der Waals surface area contributed by atoms with Gasteiger partial charge in [-0.05, 0) is 24.0 Å². The van der Waals surface area contributed by atoms with E-state index in [0.717, 1.165) is 24.0 Å². The number of hydrogen-bond donors (Lipinski definition) is 1. The Hall–Kier alpha value is -2.62. The molecule has 0 aliphatic carbocycles. The highest BCUT2D eigenvalue weighted by molar-refractivity contribution is 5.88. The van der Waals surface area contributed by atoms with Crippen molar-refractivity contribution in [1.82, 2.24) is 10.2 Å². The largest absolute Gasteiger partial charge is 0.354 e. The zero-order chi connectivity index (χ0) is 18.8. The van der Waals surface area contributed by atoms with E-state index in [1.54, 1.807) is 4.90 Å². The quantitative estimate of drug-likeness (QED) is 0.739. The van der Waals surface area contributed by atoms with Crippen molar-refractivity contribution in [2.75, 3.05) is 6.54 Å². The highest BCUT2D eigenvalue weighted by atomic mass is 16.2. The fourth-order valence-electron chi connectivity index (χ4n) is 2.91. The number of benzene rings is 2. The van der Waals surface area contributed by atoms with Crippen LogP contribution < -0.4 is 5.32 Å². The predicted molar refractivity (Wildman–Crippen MR) is 104 cm³/mol. The molecule has 0 aromatic heterocycles. The Morgan fingerprint density at radius 1 is 0.923 bits per heavy atom. The first kappa shape index (κ1) is 19.7. The smallest absolute Gasteiger partial charge is 0.247 e. The molecule has 0 unspecified atom stereocenters. The van der Waals surface area contributed by atoms with Gasteiger partial charge in [-0.3, -0.25) is 9.59 Å². The van der Waals surface area contributed by atoms with E-state index in [-0.39, 0.29) is 11.8 Å². The summed E-state index contributed by atoms with van der Waals surface area (Å²) in [7, 11) is 0. The first-order valence-electron chi connectivity index (χ1n) is 9.33. The lowest BCUT2D eigenvalue weighted by Gasteiger charge is -2.31. The van der Waals surface area contributed by atoms with Gasteiger partial charge in [0.2, 0.25) is 11.8 Å². The van der Waals surface area contributed by atoms with E-state index >= 15 is 0 Å². The monoisotopic (exact) mass is 352 g/mol. The van der Waals surface area contributed by atoms with Crippen molar-refractivity contribution in [2.45, 2.75) is 45.7 Å². The van der Waals surface area contributed by atoms with Crippen molar-refractivity contribution >= 4 is 11.8 Å². The average molecular weight is 352 g/mol. The Bertz CT molecular complexity index is 686. The molecule has 0 fully saturated rings. The highest BCUT2D eigenvalue weighted by Crippen LogP contribution is 2.24. The van der Waals surface area contributed by atoms with Crippen molar-refractivity contribution < 1.29 is 9.59 Å². The molecule has 0 spiro atoms. The van der Waals surface area contributed by atoms with E-state index in [1.165, 1.54) is 0 Å². The molecule has 0 aliphatic heterocycles. The lowest BCUT2D eigenvalue weighted by atomic mass is 10.0. The molecule has 1 N–H and O–H groups in total. The van der Waals surface area contributed by atoms with Crippen LogP contribution in [0.2, 0.25) is 0 Å². The lowest BCUT2D eigenvalue weighted by Crippen LogP contribution is -2.43. The summed E-state index contributed by atoms with van der Waals surface area (Å²) < 4.78 is 0. The van der Waals surface area contributed by atoms with Crippen LogP contribution in [0.15, 0.2) is 60.7 Å². The second-order valence-electron chi connectivity index (χ2n) is 6.36. The Morgan fingerprint density at radius 2 is 1.54 bits per heavy atom. The Balaban J connectivity index is 2.38. The SMILES string of the molecule is CCCNC(=O)[C@@H](c1ccccc1)N(Cc1ccccc1)C(=O)CCC. The summed E-state index contributed by atoms with van der Waals surface area (Å²) >= 11 is 0. The van der Waals surface area contributed by atoms with Crippen LogP contribution in [0.3, 0.4) is 0 Å². The molecule has 0 saturated heterocycles. The zero-order valence-corrected chi connectivity index (χ0v) is 15.7. The first-order valence-corrected chi connectivity index (χ1v) is 9.33. The molecule has 0 bridgehead atoms. The molecule has 2 aromatic rings. The third-order valence-electron chi connectivity index (χ3n) is 4.20. The van der Waals surface area contributed by atoms with Gasteiger partial charge in [0.1, 0.15) is 6.04 Å². The zero-order valence-electron chi connectivity index (χ0n) is 15.7. The minimum absolute atomic E-state index is 0.00291. The van der Waals surface area contributed by atoms with Crippen LogP contribution in [0.25, 0.3) is 0 Å². The van der Waals surface area contributed by atoms with E-state index in [4.69, 9.17) is 0 Å². The molecule has 0 radical (unpaired) electrons. The van der Waals surface area contributed by atoms with Gasteiger partial charge in [0.05, 0.1) is 0 Å². The number of nitrogens with one attached hydrogen (secondary N) is 1. The molecule has 26 heavy (non-hydrogen) atoms. The van der Waals surface area contributed by atoms with Gasteiger partial charge in [0.15, 0.2) is 0 Å². The topological polar surface area (TPSA) is 49.4 Å². The minimum atomic E-state index is -0.623. The fraction of sp³-hybridized carbons (Fsp3) is 0.364. The van der Waals surface area contributed by atoms with E-state index in [0.29, 0.717) is 19.5 Å². The van der Waals surface area contributed by atoms with E-state index in [9.17, 15) is 9.59 Å². The normalized spacial score (nSPS) is 11.6. The summed E-state index contributed by atoms with van der Waals surface area (Å²) in [6.07, 6.45) is 2.04. The van der Waals surface area contributed by atoms with Crippen molar-refractivity contribution in [3.8, 4) is 0 Å². The Labute approximate surface area is 156 Å². The molecular formula is C22H28N2O2. The van der Waals surface area contributed by atoms with Gasteiger partial charge in [-0.1, -0.05) is 74.5 Å². The first-order chi connectivity index (χ1) is 12.7. The Kier molecular flexibility index (Phi) is 7.87. The number of amides is 2. The molecule has 0 heterocycles. The third-order valence-corrected chi connectivity index (χ3v) is 4.20. The Morgan fingerprint density at radius 3 is 2.12 bits per heavy atom. The molecule has 4 nitrogen and oxygen atoms in total. The molecule has 0 saturated carbocycles. The molecule has 1 atom stereocenters. The van der Waals surface area contributed by atoms with E-state index in [2.05, 4.69) is 5.32 Å². The number of hydrogen-bond acceptors (Lipinski definition) is 2. The molecule has 4 heteroatoms. The van der Waals surface area contributed by atoms with Crippen molar-refractivity contribution in [2.24, 2.45) is 0 Å². The average Bonchev–Trinajstić information content (AvgIpc) is 2.67. The van der Waals surface area contributed by atoms with Gasteiger partial charge in [0.25, 0.3) is 0 Å². The molecule has 138 valence electrons. The lowest BCUT2D eigenvalue weighted by molar-refractivity contribution is -0.141. The second kappa shape index (κ2) is 10.4. The molecule has 2 aromatic carbocycles. The van der Waals surface area contributed by atoms with Crippen LogP contribution >= 0.6 is 0 Å². The highest BCUT2D eigenvalue weighted by Gasteiger charge is 2.30. The molecular weight excluding hydrogens is 324 g/mol. The van der Waals surface area contributed by atoms with Crippen molar-refractivity contribution in [1.29, 1.82) is 0 Å². The number of nitrogens with zero attached hydrogens (tertiary/aromatic N) is 1. The van der Waals surface area contributed by atoms with Gasteiger partial charge in [0, 0.05) is 19.5 Å². The second-order valence-corrected chi connectivity index (χ2v) is 6.36. The minimum Gasteiger partial charge on any atom is -0.354 e. The predicted octanol–water partition coefficient (Wildman–Crippen LogP) is 4.08. The summed E-state index contributed by atoms with van der Waals surface area (Å²) in [5, 5.41) is 2.96. The number of carbonyl (C=O) groups excluding carboxylic acids is 2. The molecule has 0 aliphatic rings. The fourth-order valence-corrected chi connectivity index (χ4v) is 2.91. The van der Waals surface area contributed by atoms with E-state index in [1.807, 2.05) is 74.5 Å². The number of carbonyl (C=O) groups is 2. The molecule has 2 rings (SSSR count). The maximum Gasteiger partial charge on any atom is 0.247 e. The molecule has 2 amide bonds. The van der Waals surface area contributed by atoms with Crippen molar-refractivity contribution in [3.05, 3.63) is 71.8 Å². The van der Waals surface area contributed by atoms with Gasteiger partial charge >= 0.3 is 0 Å². The van der Waals surface area contributed by atoms with Crippen LogP contribution in [-0.4, -0.2) is 23.3 Å². The van der Waals surface area contributed by atoms with Gasteiger partial charge < -0.3 is 10.2 Å². The van der Waals surface area contributed by atoms with Gasteiger partial charge in [-0.25, -0.2) is 0 Å². The maximum absolute atomic E-state index is 12.9.